The SMILES string of the molecule is O=c1ccc(B(O)O)nn1Cc1cncc(F)c1. The molecule has 0 amide bonds. The van der Waals surface area contributed by atoms with Crippen LogP contribution in [0.4, 0.5) is 4.39 Å². The van der Waals surface area contributed by atoms with Gasteiger partial charge in [0.1, 0.15) is 5.82 Å². The van der Waals surface area contributed by atoms with Gasteiger partial charge in [-0.1, -0.05) is 0 Å². The highest BCUT2D eigenvalue weighted by molar-refractivity contribution is 6.57. The molecule has 0 atom stereocenters. The van der Waals surface area contributed by atoms with Gasteiger partial charge in [0, 0.05) is 12.3 Å². The van der Waals surface area contributed by atoms with Crippen LogP contribution in [0.2, 0.25) is 0 Å². The molecule has 0 aromatic carbocycles. The predicted octanol–water partition coefficient (Wildman–Crippen LogP) is -1.49. The number of rotatable bonds is 3. The minimum Gasteiger partial charge on any atom is -0.422 e. The number of aromatic nitrogens is 3. The van der Waals surface area contributed by atoms with Crippen LogP contribution in [0.25, 0.3) is 0 Å². The Kier molecular flexibility index (Phi) is 3.49. The van der Waals surface area contributed by atoms with E-state index in [0.717, 1.165) is 16.9 Å². The smallest absolute Gasteiger partial charge is 0.422 e. The number of hydrogen-bond donors (Lipinski definition) is 2. The summed E-state index contributed by atoms with van der Waals surface area (Å²) in [6, 6.07) is 3.60. The second-order valence-electron chi connectivity index (χ2n) is 3.64. The summed E-state index contributed by atoms with van der Waals surface area (Å²) in [5, 5.41) is 21.7. The first-order chi connectivity index (χ1) is 8.56. The molecule has 0 unspecified atom stereocenters. The Bertz CT molecular complexity index is 617. The fraction of sp³-hybridized carbons (Fsp3) is 0.100. The van der Waals surface area contributed by atoms with Gasteiger partial charge in [0.25, 0.3) is 5.56 Å². The van der Waals surface area contributed by atoms with E-state index >= 15 is 0 Å². The second kappa shape index (κ2) is 5.07. The van der Waals surface area contributed by atoms with Gasteiger partial charge in [-0.05, 0) is 17.7 Å². The number of nitrogens with zero attached hydrogens (tertiary/aromatic N) is 3. The molecule has 2 rings (SSSR count). The van der Waals surface area contributed by atoms with E-state index in [1.807, 2.05) is 0 Å². The summed E-state index contributed by atoms with van der Waals surface area (Å²) in [4.78, 5) is 15.2. The Hall–Kier alpha value is -2.06. The molecule has 0 radical (unpaired) electrons. The van der Waals surface area contributed by atoms with Crippen LogP contribution < -0.4 is 11.2 Å². The molecule has 0 fully saturated rings. The lowest BCUT2D eigenvalue weighted by atomic mass is 9.86. The molecule has 2 aromatic rings. The van der Waals surface area contributed by atoms with Crippen molar-refractivity contribution in [3.8, 4) is 0 Å². The summed E-state index contributed by atoms with van der Waals surface area (Å²) in [5.41, 5.74) is -0.0307. The van der Waals surface area contributed by atoms with E-state index in [1.165, 1.54) is 18.3 Å². The Morgan fingerprint density at radius 1 is 1.33 bits per heavy atom. The van der Waals surface area contributed by atoms with Crippen molar-refractivity contribution in [2.45, 2.75) is 6.54 Å². The van der Waals surface area contributed by atoms with Crippen LogP contribution in [0.5, 0.6) is 0 Å². The van der Waals surface area contributed by atoms with E-state index in [0.29, 0.717) is 5.56 Å². The summed E-state index contributed by atoms with van der Waals surface area (Å²) < 4.78 is 13.9. The van der Waals surface area contributed by atoms with Gasteiger partial charge in [0.2, 0.25) is 0 Å². The van der Waals surface area contributed by atoms with Crippen LogP contribution >= 0.6 is 0 Å². The van der Waals surface area contributed by atoms with Crippen LogP contribution in [-0.2, 0) is 6.54 Å². The van der Waals surface area contributed by atoms with Crippen LogP contribution in [0.3, 0.4) is 0 Å². The maximum Gasteiger partial charge on any atom is 0.509 e. The molecule has 0 spiro atoms. The highest BCUT2D eigenvalue weighted by Crippen LogP contribution is 2.01. The van der Waals surface area contributed by atoms with Gasteiger partial charge in [-0.2, -0.15) is 5.10 Å². The topological polar surface area (TPSA) is 88.2 Å². The largest absolute Gasteiger partial charge is 0.509 e. The lowest BCUT2D eigenvalue weighted by Gasteiger charge is -2.06. The van der Waals surface area contributed by atoms with Gasteiger partial charge in [0.15, 0.2) is 0 Å². The quantitative estimate of drug-likeness (QED) is 0.646. The van der Waals surface area contributed by atoms with E-state index in [4.69, 9.17) is 10.0 Å². The van der Waals surface area contributed by atoms with Crippen molar-refractivity contribution in [1.29, 1.82) is 0 Å². The molecule has 0 aliphatic heterocycles. The summed E-state index contributed by atoms with van der Waals surface area (Å²) in [5.74, 6) is -0.515. The van der Waals surface area contributed by atoms with E-state index in [-0.39, 0.29) is 12.1 Å². The number of pyridine rings is 1. The maximum atomic E-state index is 12.9. The van der Waals surface area contributed by atoms with Gasteiger partial charge in [0.05, 0.1) is 18.3 Å². The van der Waals surface area contributed by atoms with Crippen molar-refractivity contribution < 1.29 is 14.4 Å². The van der Waals surface area contributed by atoms with E-state index in [2.05, 4.69) is 10.1 Å². The minimum absolute atomic E-state index is 0.00412. The molecule has 0 aliphatic carbocycles. The first-order valence-electron chi connectivity index (χ1n) is 5.10. The molecule has 0 bridgehead atoms. The van der Waals surface area contributed by atoms with Crippen LogP contribution in [0.1, 0.15) is 5.56 Å². The zero-order valence-electron chi connectivity index (χ0n) is 9.19. The average Bonchev–Trinajstić information content (AvgIpc) is 2.31. The van der Waals surface area contributed by atoms with Crippen LogP contribution in [-0.4, -0.2) is 31.9 Å². The first kappa shape index (κ1) is 12.4. The number of halogens is 1. The molecular formula is C10H9BFN3O3. The summed E-state index contributed by atoms with van der Waals surface area (Å²) >= 11 is 0. The number of hydrogen-bond acceptors (Lipinski definition) is 5. The van der Waals surface area contributed by atoms with Crippen LogP contribution in [0, 0.1) is 5.82 Å². The molecule has 6 nitrogen and oxygen atoms in total. The summed E-state index contributed by atoms with van der Waals surface area (Å²) in [6.45, 7) is 0.00412. The molecule has 0 aliphatic rings. The van der Waals surface area contributed by atoms with Crippen molar-refractivity contribution in [2.75, 3.05) is 0 Å². The van der Waals surface area contributed by atoms with Crippen molar-refractivity contribution in [1.82, 2.24) is 14.8 Å². The van der Waals surface area contributed by atoms with Crippen molar-refractivity contribution in [3.63, 3.8) is 0 Å². The van der Waals surface area contributed by atoms with E-state index in [9.17, 15) is 9.18 Å². The molecule has 2 N–H and O–H groups in total. The lowest BCUT2D eigenvalue weighted by Crippen LogP contribution is -2.39. The Morgan fingerprint density at radius 3 is 2.78 bits per heavy atom. The highest BCUT2D eigenvalue weighted by Gasteiger charge is 2.14. The molecule has 2 heterocycles. The molecule has 8 heteroatoms. The van der Waals surface area contributed by atoms with Gasteiger partial charge in [-0.3, -0.25) is 9.78 Å². The molecule has 2 aromatic heterocycles. The molecule has 18 heavy (non-hydrogen) atoms. The highest BCUT2D eigenvalue weighted by atomic mass is 19.1. The summed E-state index contributed by atoms with van der Waals surface area (Å²) in [7, 11) is -1.76. The standard InChI is InChI=1S/C10H9BFN3O3/c12-8-3-7(4-13-5-8)6-15-10(16)2-1-9(14-15)11(17)18/h1-5,17-18H,6H2. The van der Waals surface area contributed by atoms with Crippen molar-refractivity contribution in [3.05, 3.63) is 52.3 Å². The third-order valence-electron chi connectivity index (χ3n) is 2.25. The Morgan fingerprint density at radius 2 is 2.11 bits per heavy atom. The van der Waals surface area contributed by atoms with Crippen LogP contribution in [0.15, 0.2) is 35.4 Å². The minimum atomic E-state index is -1.76. The first-order valence-corrected chi connectivity index (χ1v) is 5.10. The fourth-order valence-corrected chi connectivity index (χ4v) is 1.43. The third-order valence-corrected chi connectivity index (χ3v) is 2.25. The zero-order chi connectivity index (χ0) is 13.1. The zero-order valence-corrected chi connectivity index (χ0v) is 9.19. The lowest BCUT2D eigenvalue weighted by molar-refractivity contribution is 0.422. The van der Waals surface area contributed by atoms with Crippen molar-refractivity contribution in [2.24, 2.45) is 0 Å². The Balaban J connectivity index is 2.34. The molecule has 0 saturated heterocycles. The second-order valence-corrected chi connectivity index (χ2v) is 3.64. The molecule has 92 valence electrons. The monoisotopic (exact) mass is 249 g/mol. The molecule has 0 saturated carbocycles. The van der Waals surface area contributed by atoms with Gasteiger partial charge >= 0.3 is 7.12 Å². The normalized spacial score (nSPS) is 10.4. The molecular weight excluding hydrogens is 240 g/mol. The third kappa shape index (κ3) is 2.79. The van der Waals surface area contributed by atoms with E-state index in [1.54, 1.807) is 0 Å². The maximum absolute atomic E-state index is 12.9. The average molecular weight is 249 g/mol. The van der Waals surface area contributed by atoms with Crippen molar-refractivity contribution >= 4 is 12.7 Å². The predicted molar refractivity (Wildman–Crippen MR) is 61.6 cm³/mol. The van der Waals surface area contributed by atoms with E-state index < -0.39 is 18.5 Å². The van der Waals surface area contributed by atoms with Gasteiger partial charge in [-0.15, -0.1) is 0 Å². The fourth-order valence-electron chi connectivity index (χ4n) is 1.43. The van der Waals surface area contributed by atoms with Gasteiger partial charge < -0.3 is 10.0 Å². The summed E-state index contributed by atoms with van der Waals surface area (Å²) in [6.07, 6.45) is 2.45. The van der Waals surface area contributed by atoms with Gasteiger partial charge in [-0.25, -0.2) is 9.07 Å². The Labute approximate surface area is 101 Å².